The molecule has 1 rings (SSSR count). The van der Waals surface area contributed by atoms with Crippen LogP contribution in [0.1, 0.15) is 18.9 Å². The van der Waals surface area contributed by atoms with Gasteiger partial charge in [-0.3, -0.25) is 4.72 Å². The van der Waals surface area contributed by atoms with E-state index in [4.69, 9.17) is 10.5 Å². The first kappa shape index (κ1) is 12.9. The van der Waals surface area contributed by atoms with E-state index in [1.54, 1.807) is 13.0 Å². The lowest BCUT2D eigenvalue weighted by molar-refractivity contribution is 0.592. The minimum absolute atomic E-state index is 0.0951. The fourth-order valence-corrected chi connectivity index (χ4v) is 2.25. The summed E-state index contributed by atoms with van der Waals surface area (Å²) in [5, 5.41) is 16.1. The van der Waals surface area contributed by atoms with Crippen LogP contribution in [0.3, 0.4) is 0 Å². The van der Waals surface area contributed by atoms with E-state index in [0.717, 1.165) is 0 Å². The number of pyridine rings is 1. The van der Waals surface area contributed by atoms with E-state index < -0.39 is 15.3 Å². The average Bonchev–Trinajstić information content (AvgIpc) is 2.30. The summed E-state index contributed by atoms with van der Waals surface area (Å²) in [4.78, 5) is 3.76. The highest BCUT2D eigenvalue weighted by Crippen LogP contribution is 2.11. The van der Waals surface area contributed by atoms with Crippen LogP contribution in [0.2, 0.25) is 0 Å². The predicted molar refractivity (Wildman–Crippen MR) is 61.2 cm³/mol. The van der Waals surface area contributed by atoms with Gasteiger partial charge in [0.25, 0.3) is 0 Å². The summed E-state index contributed by atoms with van der Waals surface area (Å²) in [7, 11) is -3.75. The summed E-state index contributed by atoms with van der Waals surface area (Å²) >= 11 is 0. The number of nitrogens with one attached hydrogen (secondary N) is 1. The first-order valence-corrected chi connectivity index (χ1v) is 6.35. The Bertz CT molecular complexity index is 566. The van der Waals surface area contributed by atoms with Crippen molar-refractivity contribution in [1.29, 1.82) is 10.5 Å². The molecule has 0 amide bonds. The Morgan fingerprint density at radius 2 is 2.18 bits per heavy atom. The van der Waals surface area contributed by atoms with Crippen LogP contribution < -0.4 is 4.72 Å². The van der Waals surface area contributed by atoms with Crippen molar-refractivity contribution in [2.45, 2.75) is 18.6 Å². The molecule has 0 aliphatic heterocycles. The highest BCUT2D eigenvalue weighted by atomic mass is 32.2. The minimum atomic E-state index is -3.75. The van der Waals surface area contributed by atoms with Gasteiger partial charge >= 0.3 is 0 Å². The number of nitrogens with zero attached hydrogens (tertiary/aromatic N) is 3. The third kappa shape index (κ3) is 3.16. The third-order valence-corrected chi connectivity index (χ3v) is 3.71. The summed E-state index contributed by atoms with van der Waals surface area (Å²) in [6.45, 7) is 1.61. The molecule has 88 valence electrons. The second-order valence-electron chi connectivity index (χ2n) is 3.22. The standard InChI is InChI=1S/C10H10N4O2S/c1-2-9(6-12)17(15,16)14-10-4-3-8(5-11)7-13-10/h3-4,7,9H,2H2,1H3,(H,13,14). The topological polar surface area (TPSA) is 107 Å². The van der Waals surface area contributed by atoms with Gasteiger partial charge in [-0.05, 0) is 18.6 Å². The molecular formula is C10H10N4O2S. The first-order chi connectivity index (χ1) is 8.03. The molecule has 0 saturated heterocycles. The van der Waals surface area contributed by atoms with Crippen molar-refractivity contribution in [3.63, 3.8) is 0 Å². The van der Waals surface area contributed by atoms with Crippen molar-refractivity contribution in [2.24, 2.45) is 0 Å². The SMILES string of the molecule is CCC(C#N)S(=O)(=O)Nc1ccc(C#N)cn1. The van der Waals surface area contributed by atoms with E-state index in [0.29, 0.717) is 5.56 Å². The molecule has 1 aromatic heterocycles. The largest absolute Gasteiger partial charge is 0.266 e. The zero-order valence-electron chi connectivity index (χ0n) is 9.08. The molecule has 1 atom stereocenters. The quantitative estimate of drug-likeness (QED) is 0.857. The molecule has 0 spiro atoms. The lowest BCUT2D eigenvalue weighted by atomic mass is 10.3. The first-order valence-electron chi connectivity index (χ1n) is 4.81. The van der Waals surface area contributed by atoms with E-state index >= 15 is 0 Å². The number of aromatic nitrogens is 1. The number of nitriles is 2. The van der Waals surface area contributed by atoms with Crippen molar-refractivity contribution in [3.8, 4) is 12.1 Å². The van der Waals surface area contributed by atoms with Crippen molar-refractivity contribution in [1.82, 2.24) is 4.98 Å². The highest BCUT2D eigenvalue weighted by Gasteiger charge is 2.23. The van der Waals surface area contributed by atoms with Crippen molar-refractivity contribution < 1.29 is 8.42 Å². The minimum Gasteiger partial charge on any atom is -0.266 e. The maximum Gasteiger partial charge on any atom is 0.250 e. The van der Waals surface area contributed by atoms with Crippen LogP contribution in [0, 0.1) is 22.7 Å². The van der Waals surface area contributed by atoms with Gasteiger partial charge in [-0.2, -0.15) is 10.5 Å². The maximum atomic E-state index is 11.7. The molecule has 1 heterocycles. The van der Waals surface area contributed by atoms with Gasteiger partial charge in [-0.25, -0.2) is 13.4 Å². The van der Waals surface area contributed by atoms with E-state index in [-0.39, 0.29) is 12.2 Å². The van der Waals surface area contributed by atoms with Crippen molar-refractivity contribution >= 4 is 15.8 Å². The second kappa shape index (κ2) is 5.28. The van der Waals surface area contributed by atoms with Crippen molar-refractivity contribution in [2.75, 3.05) is 4.72 Å². The maximum absolute atomic E-state index is 11.7. The zero-order valence-corrected chi connectivity index (χ0v) is 9.90. The normalized spacial score (nSPS) is 12.2. The smallest absolute Gasteiger partial charge is 0.250 e. The summed E-state index contributed by atoms with van der Waals surface area (Å²) in [5.74, 6) is 0.0951. The van der Waals surface area contributed by atoms with Gasteiger partial charge in [0.1, 0.15) is 11.9 Å². The van der Waals surface area contributed by atoms with Gasteiger partial charge in [0.2, 0.25) is 10.0 Å². The van der Waals surface area contributed by atoms with Crippen molar-refractivity contribution in [3.05, 3.63) is 23.9 Å². The molecule has 1 aromatic rings. The molecule has 17 heavy (non-hydrogen) atoms. The summed E-state index contributed by atoms with van der Waals surface area (Å²) < 4.78 is 25.6. The fraction of sp³-hybridized carbons (Fsp3) is 0.300. The van der Waals surface area contributed by atoms with Gasteiger partial charge < -0.3 is 0 Å². The number of hydrogen-bond donors (Lipinski definition) is 1. The monoisotopic (exact) mass is 250 g/mol. The molecule has 0 saturated carbocycles. The zero-order chi connectivity index (χ0) is 12.9. The third-order valence-electron chi connectivity index (χ3n) is 2.03. The Morgan fingerprint density at radius 3 is 2.59 bits per heavy atom. The van der Waals surface area contributed by atoms with Gasteiger partial charge in [0.05, 0.1) is 11.6 Å². The Kier molecular flexibility index (Phi) is 4.02. The van der Waals surface area contributed by atoms with Crippen LogP contribution in [0.25, 0.3) is 0 Å². The Balaban J connectivity index is 2.92. The van der Waals surface area contributed by atoms with Gasteiger partial charge in [-0.15, -0.1) is 0 Å². The molecule has 0 fully saturated rings. The van der Waals surface area contributed by atoms with Gasteiger partial charge in [-0.1, -0.05) is 6.92 Å². The second-order valence-corrected chi connectivity index (χ2v) is 5.08. The van der Waals surface area contributed by atoms with E-state index in [9.17, 15) is 8.42 Å². The molecule has 0 aliphatic rings. The lowest BCUT2D eigenvalue weighted by Crippen LogP contribution is -2.26. The summed E-state index contributed by atoms with van der Waals surface area (Å²) in [6, 6.07) is 6.39. The molecule has 6 nitrogen and oxygen atoms in total. The number of sulfonamides is 1. The molecule has 0 aromatic carbocycles. The summed E-state index contributed by atoms with van der Waals surface area (Å²) in [5.41, 5.74) is 0.334. The highest BCUT2D eigenvalue weighted by molar-refractivity contribution is 7.93. The van der Waals surface area contributed by atoms with Crippen LogP contribution in [-0.2, 0) is 10.0 Å². The Labute approximate surface area is 99.6 Å². The molecule has 1 unspecified atom stereocenters. The molecule has 0 radical (unpaired) electrons. The molecular weight excluding hydrogens is 240 g/mol. The Morgan fingerprint density at radius 1 is 1.47 bits per heavy atom. The fourth-order valence-electron chi connectivity index (χ4n) is 1.12. The predicted octanol–water partition coefficient (Wildman–Crippen LogP) is 0.997. The van der Waals surface area contributed by atoms with Crippen LogP contribution in [0.5, 0.6) is 0 Å². The van der Waals surface area contributed by atoms with Crippen LogP contribution in [0.15, 0.2) is 18.3 Å². The van der Waals surface area contributed by atoms with Crippen LogP contribution in [0.4, 0.5) is 5.82 Å². The van der Waals surface area contributed by atoms with E-state index in [1.165, 1.54) is 18.3 Å². The van der Waals surface area contributed by atoms with Gasteiger partial charge in [0, 0.05) is 6.20 Å². The van der Waals surface area contributed by atoms with Crippen LogP contribution in [-0.4, -0.2) is 18.7 Å². The summed E-state index contributed by atoms with van der Waals surface area (Å²) in [6.07, 6.45) is 1.45. The van der Waals surface area contributed by atoms with E-state index in [1.807, 2.05) is 6.07 Å². The lowest BCUT2D eigenvalue weighted by Gasteiger charge is -2.10. The average molecular weight is 250 g/mol. The molecule has 0 bridgehead atoms. The van der Waals surface area contributed by atoms with E-state index in [2.05, 4.69) is 9.71 Å². The molecule has 0 aliphatic carbocycles. The molecule has 1 N–H and O–H groups in total. The molecule has 7 heteroatoms. The van der Waals surface area contributed by atoms with Crippen LogP contribution >= 0.6 is 0 Å². The number of rotatable bonds is 4. The number of anilines is 1. The number of hydrogen-bond acceptors (Lipinski definition) is 5. The Hall–Kier alpha value is -2.12. The van der Waals surface area contributed by atoms with Gasteiger partial charge in [0.15, 0.2) is 5.25 Å².